The van der Waals surface area contributed by atoms with Crippen LogP contribution in [0.2, 0.25) is 0 Å². The molecule has 0 radical (unpaired) electrons. The zero-order valence-corrected chi connectivity index (χ0v) is 13.0. The van der Waals surface area contributed by atoms with E-state index in [0.717, 1.165) is 23.4 Å². The largest absolute Gasteiger partial charge is 0.396 e. The molecule has 21 heavy (non-hydrogen) atoms. The van der Waals surface area contributed by atoms with Gasteiger partial charge in [0.25, 0.3) is 0 Å². The van der Waals surface area contributed by atoms with Crippen LogP contribution in [0.4, 0.5) is 5.69 Å². The number of nitrogens with zero attached hydrogens (tertiary/aromatic N) is 2. The Labute approximate surface area is 127 Å². The number of hydrogen-bond acceptors (Lipinski definition) is 2. The van der Waals surface area contributed by atoms with E-state index in [0.29, 0.717) is 12.0 Å². The quantitative estimate of drug-likeness (QED) is 0.901. The molecule has 0 saturated heterocycles. The van der Waals surface area contributed by atoms with Crippen LogP contribution in [0.25, 0.3) is 11.3 Å². The third-order valence-electron chi connectivity index (χ3n) is 4.33. The van der Waals surface area contributed by atoms with Gasteiger partial charge in [0, 0.05) is 11.8 Å². The first-order valence-corrected chi connectivity index (χ1v) is 8.07. The molecule has 3 rings (SSSR count). The maximum atomic E-state index is 6.18. The van der Waals surface area contributed by atoms with Gasteiger partial charge in [0.2, 0.25) is 0 Å². The van der Waals surface area contributed by atoms with Crippen LogP contribution in [0, 0.1) is 5.92 Å². The highest BCUT2D eigenvalue weighted by Gasteiger charge is 2.19. The topological polar surface area (TPSA) is 43.8 Å². The molecule has 3 heteroatoms. The fourth-order valence-electron chi connectivity index (χ4n) is 3.26. The van der Waals surface area contributed by atoms with Crippen molar-refractivity contribution in [3.8, 4) is 11.3 Å². The van der Waals surface area contributed by atoms with Crippen molar-refractivity contribution in [3.63, 3.8) is 0 Å². The average molecular weight is 283 g/mol. The summed E-state index contributed by atoms with van der Waals surface area (Å²) in [7, 11) is 0. The van der Waals surface area contributed by atoms with Crippen molar-refractivity contribution in [1.82, 2.24) is 9.78 Å². The second kappa shape index (κ2) is 5.92. The van der Waals surface area contributed by atoms with Gasteiger partial charge in [-0.15, -0.1) is 0 Å². The van der Waals surface area contributed by atoms with E-state index < -0.39 is 0 Å². The molecular weight excluding hydrogens is 258 g/mol. The van der Waals surface area contributed by atoms with Gasteiger partial charge in [-0.2, -0.15) is 5.10 Å². The first kappa shape index (κ1) is 14.2. The van der Waals surface area contributed by atoms with Crippen molar-refractivity contribution in [1.29, 1.82) is 0 Å². The van der Waals surface area contributed by atoms with Crippen molar-refractivity contribution in [2.24, 2.45) is 5.92 Å². The number of hydrogen-bond donors (Lipinski definition) is 1. The van der Waals surface area contributed by atoms with Crippen LogP contribution >= 0.6 is 0 Å². The molecule has 0 atom stereocenters. The minimum atomic E-state index is 0.543. The highest BCUT2D eigenvalue weighted by molar-refractivity contribution is 5.72. The number of aromatic nitrogens is 2. The zero-order valence-electron chi connectivity index (χ0n) is 13.0. The Kier molecular flexibility index (Phi) is 4.00. The molecule has 1 fully saturated rings. The number of nitrogens with two attached hydrogens (primary N) is 1. The third kappa shape index (κ3) is 3.12. The normalized spacial score (nSPS) is 16.0. The zero-order chi connectivity index (χ0) is 14.8. The molecule has 1 saturated carbocycles. The Morgan fingerprint density at radius 3 is 2.48 bits per heavy atom. The van der Waals surface area contributed by atoms with E-state index >= 15 is 0 Å². The summed E-state index contributed by atoms with van der Waals surface area (Å²) in [5.74, 6) is 0.683. The van der Waals surface area contributed by atoms with Crippen LogP contribution in [-0.4, -0.2) is 9.78 Å². The molecule has 0 unspecified atom stereocenters. The van der Waals surface area contributed by atoms with E-state index in [1.165, 1.54) is 31.2 Å². The molecular formula is C18H25N3. The lowest BCUT2D eigenvalue weighted by Crippen LogP contribution is -2.04. The van der Waals surface area contributed by atoms with Crippen molar-refractivity contribution in [2.75, 3.05) is 5.73 Å². The van der Waals surface area contributed by atoms with Crippen LogP contribution in [0.5, 0.6) is 0 Å². The summed E-state index contributed by atoms with van der Waals surface area (Å²) < 4.78 is 2.08. The Balaban J connectivity index is 1.82. The molecule has 0 bridgehead atoms. The van der Waals surface area contributed by atoms with Crippen molar-refractivity contribution in [3.05, 3.63) is 36.0 Å². The molecule has 2 N–H and O–H groups in total. The maximum Gasteiger partial charge on any atom is 0.115 e. The number of nitrogen functional groups attached to an aromatic ring is 1. The Morgan fingerprint density at radius 1 is 1.19 bits per heavy atom. The lowest BCUT2D eigenvalue weighted by Gasteiger charge is -2.08. The fourth-order valence-corrected chi connectivity index (χ4v) is 3.26. The van der Waals surface area contributed by atoms with Gasteiger partial charge in [-0.1, -0.05) is 51.0 Å². The van der Waals surface area contributed by atoms with Crippen molar-refractivity contribution >= 4 is 5.69 Å². The monoisotopic (exact) mass is 283 g/mol. The molecule has 0 aliphatic heterocycles. The highest BCUT2D eigenvalue weighted by atomic mass is 15.3. The molecule has 1 aromatic heterocycles. The van der Waals surface area contributed by atoms with E-state index in [4.69, 9.17) is 10.8 Å². The summed E-state index contributed by atoms with van der Waals surface area (Å²) in [6, 6.07) is 9.23. The lowest BCUT2D eigenvalue weighted by atomic mass is 10.0. The first-order valence-electron chi connectivity index (χ1n) is 8.07. The minimum Gasteiger partial charge on any atom is -0.396 e. The van der Waals surface area contributed by atoms with Crippen molar-refractivity contribution in [2.45, 2.75) is 52.0 Å². The summed E-state index contributed by atoms with van der Waals surface area (Å²) in [6.07, 6.45) is 8.20. The number of benzene rings is 1. The molecule has 0 amide bonds. The molecule has 0 spiro atoms. The van der Waals surface area contributed by atoms with Crippen LogP contribution < -0.4 is 5.73 Å². The highest BCUT2D eigenvalue weighted by Crippen LogP contribution is 2.32. The minimum absolute atomic E-state index is 0.543. The van der Waals surface area contributed by atoms with Crippen LogP contribution in [0.1, 0.15) is 51.1 Å². The second-order valence-corrected chi connectivity index (χ2v) is 6.65. The molecule has 1 aliphatic rings. The van der Waals surface area contributed by atoms with E-state index in [9.17, 15) is 0 Å². The summed E-state index contributed by atoms with van der Waals surface area (Å²) in [5.41, 5.74) is 10.4. The second-order valence-electron chi connectivity index (χ2n) is 6.65. The Bertz CT molecular complexity index is 589. The van der Waals surface area contributed by atoms with Crippen LogP contribution in [0.3, 0.4) is 0 Å². The smallest absolute Gasteiger partial charge is 0.115 e. The predicted molar refractivity (Wildman–Crippen MR) is 88.1 cm³/mol. The van der Waals surface area contributed by atoms with Crippen molar-refractivity contribution < 1.29 is 0 Å². The Morgan fingerprint density at radius 2 is 1.86 bits per heavy atom. The first-order chi connectivity index (χ1) is 10.1. The van der Waals surface area contributed by atoms with Gasteiger partial charge in [0.05, 0.1) is 11.7 Å². The number of rotatable bonds is 4. The molecule has 1 aromatic carbocycles. The van der Waals surface area contributed by atoms with E-state index in [2.05, 4.69) is 42.8 Å². The molecule has 112 valence electrons. The molecule has 2 aromatic rings. The summed E-state index contributed by atoms with van der Waals surface area (Å²) in [6.45, 7) is 4.49. The fraction of sp³-hybridized carbons (Fsp3) is 0.500. The van der Waals surface area contributed by atoms with Gasteiger partial charge in [-0.3, -0.25) is 4.68 Å². The average Bonchev–Trinajstić information content (AvgIpc) is 3.08. The van der Waals surface area contributed by atoms with Gasteiger partial charge in [0.15, 0.2) is 0 Å². The van der Waals surface area contributed by atoms with Crippen LogP contribution in [-0.2, 0) is 6.42 Å². The van der Waals surface area contributed by atoms with Gasteiger partial charge in [0.1, 0.15) is 5.69 Å². The van der Waals surface area contributed by atoms with E-state index in [1.807, 2.05) is 6.20 Å². The standard InChI is InChI=1S/C18H25N3/c1-13(2)11-14-7-9-15(10-8-14)18-17(19)12-21(20-18)16-5-3-4-6-16/h7-10,12-13,16H,3-6,11,19H2,1-2H3. The van der Waals surface area contributed by atoms with E-state index in [1.54, 1.807) is 0 Å². The maximum absolute atomic E-state index is 6.18. The van der Waals surface area contributed by atoms with Gasteiger partial charge >= 0.3 is 0 Å². The predicted octanol–water partition coefficient (Wildman–Crippen LogP) is 4.45. The SMILES string of the molecule is CC(C)Cc1ccc(-c2nn(C3CCCC3)cc2N)cc1. The number of anilines is 1. The molecule has 3 nitrogen and oxygen atoms in total. The van der Waals surface area contributed by atoms with Gasteiger partial charge in [-0.05, 0) is 30.7 Å². The lowest BCUT2D eigenvalue weighted by molar-refractivity contribution is 0.468. The van der Waals surface area contributed by atoms with Gasteiger partial charge in [-0.25, -0.2) is 0 Å². The van der Waals surface area contributed by atoms with Crippen LogP contribution in [0.15, 0.2) is 30.5 Å². The van der Waals surface area contributed by atoms with Gasteiger partial charge < -0.3 is 5.73 Å². The van der Waals surface area contributed by atoms with E-state index in [-0.39, 0.29) is 0 Å². The summed E-state index contributed by atoms with van der Waals surface area (Å²) >= 11 is 0. The summed E-state index contributed by atoms with van der Waals surface area (Å²) in [4.78, 5) is 0. The third-order valence-corrected chi connectivity index (χ3v) is 4.33. The molecule has 1 aliphatic carbocycles. The molecule has 1 heterocycles. The summed E-state index contributed by atoms with van der Waals surface area (Å²) in [5, 5.41) is 4.74. The Hall–Kier alpha value is -1.77.